The molecule has 1 atom stereocenters. The minimum absolute atomic E-state index is 0.119. The molecule has 0 amide bonds. The maximum absolute atomic E-state index is 11.4. The van der Waals surface area contributed by atoms with E-state index in [4.69, 9.17) is 0 Å². The Bertz CT molecular complexity index is 246. The lowest BCUT2D eigenvalue weighted by molar-refractivity contribution is 0.531. The van der Waals surface area contributed by atoms with Crippen molar-refractivity contribution in [3.63, 3.8) is 0 Å². The largest absolute Gasteiger partial charge is 0.315 e. The van der Waals surface area contributed by atoms with Crippen LogP contribution in [0.2, 0.25) is 0 Å². The van der Waals surface area contributed by atoms with Crippen molar-refractivity contribution in [3.8, 4) is 0 Å². The van der Waals surface area contributed by atoms with Gasteiger partial charge in [0.05, 0.1) is 11.0 Å². The summed E-state index contributed by atoms with van der Waals surface area (Å²) in [7, 11) is -2.75. The van der Waals surface area contributed by atoms with Crippen LogP contribution >= 0.6 is 0 Å². The Kier molecular flexibility index (Phi) is 3.74. The van der Waals surface area contributed by atoms with Gasteiger partial charge < -0.3 is 5.32 Å². The standard InChI is InChI=1S/C9H19NO2S/c1-8(2)6-10-7-9-4-3-5-13(9,11)12/h8-10H,3-7H2,1-2H3. The first-order valence-electron chi connectivity index (χ1n) is 4.94. The molecule has 1 rings (SSSR count). The smallest absolute Gasteiger partial charge is 0.154 e. The Morgan fingerprint density at radius 2 is 2.15 bits per heavy atom. The lowest BCUT2D eigenvalue weighted by atomic mass is 10.2. The minimum Gasteiger partial charge on any atom is -0.315 e. The summed E-state index contributed by atoms with van der Waals surface area (Å²) < 4.78 is 22.8. The van der Waals surface area contributed by atoms with Gasteiger partial charge in [-0.2, -0.15) is 0 Å². The van der Waals surface area contributed by atoms with Crippen molar-refractivity contribution in [1.82, 2.24) is 5.32 Å². The molecule has 1 saturated heterocycles. The van der Waals surface area contributed by atoms with Gasteiger partial charge in [0.25, 0.3) is 0 Å². The van der Waals surface area contributed by atoms with E-state index < -0.39 is 9.84 Å². The summed E-state index contributed by atoms with van der Waals surface area (Å²) in [6, 6.07) is 0. The van der Waals surface area contributed by atoms with Crippen molar-refractivity contribution in [1.29, 1.82) is 0 Å². The zero-order valence-electron chi connectivity index (χ0n) is 8.41. The Balaban J connectivity index is 2.29. The molecule has 1 fully saturated rings. The van der Waals surface area contributed by atoms with E-state index in [9.17, 15) is 8.42 Å². The molecule has 1 aliphatic heterocycles. The van der Waals surface area contributed by atoms with Gasteiger partial charge in [0.1, 0.15) is 0 Å². The molecule has 13 heavy (non-hydrogen) atoms. The van der Waals surface area contributed by atoms with Crippen LogP contribution in [0.1, 0.15) is 26.7 Å². The number of hydrogen-bond acceptors (Lipinski definition) is 3. The SMILES string of the molecule is CC(C)CNCC1CCCS1(=O)=O. The number of sulfone groups is 1. The van der Waals surface area contributed by atoms with Crippen molar-refractivity contribution in [3.05, 3.63) is 0 Å². The van der Waals surface area contributed by atoms with Crippen LogP contribution in [0.4, 0.5) is 0 Å². The highest BCUT2D eigenvalue weighted by atomic mass is 32.2. The third-order valence-corrected chi connectivity index (χ3v) is 4.66. The predicted molar refractivity (Wildman–Crippen MR) is 54.5 cm³/mol. The Labute approximate surface area is 80.8 Å². The van der Waals surface area contributed by atoms with Crippen LogP contribution in [0, 0.1) is 5.92 Å². The first-order chi connectivity index (χ1) is 6.02. The van der Waals surface area contributed by atoms with Gasteiger partial charge in [-0.1, -0.05) is 13.8 Å². The van der Waals surface area contributed by atoms with Crippen LogP contribution < -0.4 is 5.32 Å². The average Bonchev–Trinajstić information content (AvgIpc) is 2.30. The molecule has 1 N–H and O–H groups in total. The minimum atomic E-state index is -2.75. The molecule has 1 unspecified atom stereocenters. The quantitative estimate of drug-likeness (QED) is 0.739. The molecule has 0 bridgehead atoms. The maximum atomic E-state index is 11.4. The van der Waals surface area contributed by atoms with E-state index in [1.807, 2.05) is 0 Å². The molecular weight excluding hydrogens is 186 g/mol. The number of nitrogens with one attached hydrogen (secondary N) is 1. The zero-order chi connectivity index (χ0) is 9.90. The zero-order valence-corrected chi connectivity index (χ0v) is 9.23. The summed E-state index contributed by atoms with van der Waals surface area (Å²) in [5, 5.41) is 3.08. The van der Waals surface area contributed by atoms with Gasteiger partial charge in [0.15, 0.2) is 9.84 Å². The van der Waals surface area contributed by atoms with Crippen LogP contribution in [0.3, 0.4) is 0 Å². The highest BCUT2D eigenvalue weighted by Crippen LogP contribution is 2.18. The van der Waals surface area contributed by atoms with Crippen LogP contribution in [-0.4, -0.2) is 32.5 Å². The van der Waals surface area contributed by atoms with Gasteiger partial charge in [0, 0.05) is 6.54 Å². The van der Waals surface area contributed by atoms with Crippen LogP contribution in [-0.2, 0) is 9.84 Å². The van der Waals surface area contributed by atoms with E-state index in [1.165, 1.54) is 0 Å². The highest BCUT2D eigenvalue weighted by Gasteiger charge is 2.30. The molecule has 0 aromatic heterocycles. The molecule has 0 aliphatic carbocycles. The second-order valence-electron chi connectivity index (χ2n) is 4.18. The Morgan fingerprint density at radius 3 is 2.62 bits per heavy atom. The molecule has 0 saturated carbocycles. The molecule has 78 valence electrons. The number of hydrogen-bond donors (Lipinski definition) is 1. The van der Waals surface area contributed by atoms with Gasteiger partial charge in [-0.3, -0.25) is 0 Å². The first-order valence-corrected chi connectivity index (χ1v) is 6.66. The van der Waals surface area contributed by atoms with Gasteiger partial charge in [-0.25, -0.2) is 8.42 Å². The summed E-state index contributed by atoms with van der Waals surface area (Å²) >= 11 is 0. The normalized spacial score (nSPS) is 26.8. The highest BCUT2D eigenvalue weighted by molar-refractivity contribution is 7.92. The molecule has 1 heterocycles. The predicted octanol–water partition coefficient (Wildman–Crippen LogP) is 0.809. The Morgan fingerprint density at radius 1 is 1.46 bits per heavy atom. The van der Waals surface area contributed by atoms with E-state index >= 15 is 0 Å². The summed E-state index contributed by atoms with van der Waals surface area (Å²) in [5.41, 5.74) is 0. The molecule has 0 spiro atoms. The van der Waals surface area contributed by atoms with Gasteiger partial charge in [-0.05, 0) is 25.3 Å². The third-order valence-electron chi connectivity index (χ3n) is 2.39. The maximum Gasteiger partial charge on any atom is 0.154 e. The van der Waals surface area contributed by atoms with E-state index in [0.717, 1.165) is 19.4 Å². The second-order valence-corrected chi connectivity index (χ2v) is 6.58. The van der Waals surface area contributed by atoms with Crippen molar-refractivity contribution in [2.45, 2.75) is 31.9 Å². The van der Waals surface area contributed by atoms with E-state index in [2.05, 4.69) is 19.2 Å². The summed E-state index contributed by atoms with van der Waals surface area (Å²) in [6.07, 6.45) is 1.68. The van der Waals surface area contributed by atoms with Crippen LogP contribution in [0.15, 0.2) is 0 Å². The van der Waals surface area contributed by atoms with E-state index in [-0.39, 0.29) is 5.25 Å². The number of rotatable bonds is 4. The van der Waals surface area contributed by atoms with Crippen molar-refractivity contribution >= 4 is 9.84 Å². The molecule has 3 nitrogen and oxygen atoms in total. The monoisotopic (exact) mass is 205 g/mol. The lowest BCUT2D eigenvalue weighted by Gasteiger charge is -2.11. The molecule has 0 aromatic carbocycles. The molecule has 4 heteroatoms. The van der Waals surface area contributed by atoms with Crippen molar-refractivity contribution in [2.75, 3.05) is 18.8 Å². The Hall–Kier alpha value is -0.0900. The lowest BCUT2D eigenvalue weighted by Crippen LogP contribution is -2.32. The first kappa shape index (κ1) is 11.0. The van der Waals surface area contributed by atoms with Gasteiger partial charge in [0.2, 0.25) is 0 Å². The average molecular weight is 205 g/mol. The summed E-state index contributed by atoms with van der Waals surface area (Å²) in [4.78, 5) is 0. The fourth-order valence-corrected chi connectivity index (χ4v) is 3.42. The molecular formula is C9H19NO2S. The molecule has 0 aromatic rings. The topological polar surface area (TPSA) is 46.2 Å². The van der Waals surface area contributed by atoms with E-state index in [0.29, 0.717) is 18.2 Å². The van der Waals surface area contributed by atoms with E-state index in [1.54, 1.807) is 0 Å². The fraction of sp³-hybridized carbons (Fsp3) is 1.00. The van der Waals surface area contributed by atoms with Gasteiger partial charge >= 0.3 is 0 Å². The molecule has 0 radical (unpaired) electrons. The molecule has 1 aliphatic rings. The summed E-state index contributed by atoms with van der Waals surface area (Å²) in [6.45, 7) is 5.79. The fourth-order valence-electron chi connectivity index (χ4n) is 1.62. The third kappa shape index (κ3) is 3.27. The second kappa shape index (κ2) is 4.42. The van der Waals surface area contributed by atoms with Crippen molar-refractivity contribution in [2.24, 2.45) is 5.92 Å². The van der Waals surface area contributed by atoms with Crippen molar-refractivity contribution < 1.29 is 8.42 Å². The summed E-state index contributed by atoms with van der Waals surface area (Å²) in [5.74, 6) is 0.977. The van der Waals surface area contributed by atoms with Crippen LogP contribution in [0.25, 0.3) is 0 Å². The van der Waals surface area contributed by atoms with Crippen LogP contribution in [0.5, 0.6) is 0 Å². The van der Waals surface area contributed by atoms with Gasteiger partial charge in [-0.15, -0.1) is 0 Å².